The Balaban J connectivity index is 2.43. The van der Waals surface area contributed by atoms with Gasteiger partial charge in [-0.2, -0.15) is 8.42 Å². The summed E-state index contributed by atoms with van der Waals surface area (Å²) >= 11 is 0. The van der Waals surface area contributed by atoms with Crippen molar-refractivity contribution in [3.8, 4) is 11.5 Å². The molecular formula is C29H43NO5S. The summed E-state index contributed by atoms with van der Waals surface area (Å²) in [6, 6.07) is 7.27. The average Bonchev–Trinajstić information content (AvgIpc) is 2.73. The lowest BCUT2D eigenvalue weighted by Gasteiger charge is -2.23. The zero-order valence-electron chi connectivity index (χ0n) is 23.4. The molecular weight excluding hydrogens is 474 g/mol. The van der Waals surface area contributed by atoms with Crippen LogP contribution in [0.1, 0.15) is 132 Å². The van der Waals surface area contributed by atoms with E-state index in [1.54, 1.807) is 0 Å². The van der Waals surface area contributed by atoms with Gasteiger partial charge in [0.1, 0.15) is 5.75 Å². The Morgan fingerprint density at radius 1 is 0.750 bits per heavy atom. The second-order valence-corrected chi connectivity index (χ2v) is 12.4. The number of benzene rings is 2. The maximum absolute atomic E-state index is 13.1. The van der Waals surface area contributed by atoms with Gasteiger partial charge in [-0.05, 0) is 64.0 Å². The van der Waals surface area contributed by atoms with E-state index >= 15 is 0 Å². The summed E-state index contributed by atoms with van der Waals surface area (Å²) in [5.74, 6) is 0.0503. The third kappa shape index (κ3) is 7.25. The first kappa shape index (κ1) is 29.7. The van der Waals surface area contributed by atoms with Crippen LogP contribution in [0.25, 0.3) is 0 Å². The smallest absolute Gasteiger partial charge is 0.409 e. The number of nitrogens with one attached hydrogen (secondary N) is 1. The van der Waals surface area contributed by atoms with E-state index < -0.39 is 16.2 Å². The number of carbonyl (C=O) groups is 1. The highest BCUT2D eigenvalue weighted by Crippen LogP contribution is 2.38. The quantitative estimate of drug-likeness (QED) is 0.354. The largest absolute Gasteiger partial charge is 0.508 e. The summed E-state index contributed by atoms with van der Waals surface area (Å²) in [7, 11) is -4.45. The molecule has 0 aliphatic carbocycles. The van der Waals surface area contributed by atoms with Crippen molar-refractivity contribution < 1.29 is 22.5 Å². The fourth-order valence-electron chi connectivity index (χ4n) is 4.39. The predicted octanol–water partition coefficient (Wildman–Crippen LogP) is 6.99. The molecule has 2 aromatic carbocycles. The standard InChI is InChI=1S/C29H43NO5S/c1-16(2)21-11-23(17(3)4)27(24(12-21)18(5)6)15-28(32)30-36(33,34)35-29-25(19(7)8)13-22(31)14-26(29)20(9)10/h11-14,16-20,31H,15H2,1-10H3,(H,30,32). The molecule has 0 heterocycles. The van der Waals surface area contributed by atoms with E-state index in [4.69, 9.17) is 4.18 Å². The molecule has 2 aromatic rings. The van der Waals surface area contributed by atoms with Crippen LogP contribution in [0.4, 0.5) is 0 Å². The molecule has 2 rings (SSSR count). The van der Waals surface area contributed by atoms with Crippen molar-refractivity contribution in [3.63, 3.8) is 0 Å². The van der Waals surface area contributed by atoms with Crippen molar-refractivity contribution in [2.75, 3.05) is 0 Å². The van der Waals surface area contributed by atoms with Gasteiger partial charge in [0.15, 0.2) is 5.75 Å². The molecule has 1 amide bonds. The number of hydrogen-bond acceptors (Lipinski definition) is 5. The van der Waals surface area contributed by atoms with Gasteiger partial charge in [-0.3, -0.25) is 4.79 Å². The third-order valence-electron chi connectivity index (χ3n) is 6.40. The lowest BCUT2D eigenvalue weighted by Crippen LogP contribution is -2.36. The highest BCUT2D eigenvalue weighted by molar-refractivity contribution is 7.85. The fourth-order valence-corrected chi connectivity index (χ4v) is 5.19. The SMILES string of the molecule is CC(C)c1cc(C(C)C)c(CC(=O)NS(=O)(=O)Oc2c(C(C)C)cc(O)cc2C(C)C)c(C(C)C)c1. The van der Waals surface area contributed by atoms with Gasteiger partial charge in [0.25, 0.3) is 0 Å². The Bertz CT molecular complexity index is 1140. The molecule has 7 heteroatoms. The van der Waals surface area contributed by atoms with Gasteiger partial charge in [-0.25, -0.2) is 4.72 Å². The van der Waals surface area contributed by atoms with Crippen LogP contribution < -0.4 is 8.91 Å². The Morgan fingerprint density at radius 2 is 1.17 bits per heavy atom. The first-order chi connectivity index (χ1) is 16.5. The molecule has 0 aromatic heterocycles. The van der Waals surface area contributed by atoms with Crippen LogP contribution in [-0.2, 0) is 21.5 Å². The number of rotatable bonds is 10. The number of phenolic OH excluding ortho intramolecular Hbond substituents is 1. The van der Waals surface area contributed by atoms with Crippen LogP contribution in [0.5, 0.6) is 11.5 Å². The van der Waals surface area contributed by atoms with Gasteiger partial charge < -0.3 is 9.29 Å². The lowest BCUT2D eigenvalue weighted by atomic mass is 9.83. The Hall–Kier alpha value is -2.54. The number of carbonyl (C=O) groups excluding carboxylic acids is 1. The summed E-state index contributed by atoms with van der Waals surface area (Å²) in [5.41, 5.74) is 5.31. The van der Waals surface area contributed by atoms with Gasteiger partial charge in [0.05, 0.1) is 6.42 Å². The highest BCUT2D eigenvalue weighted by Gasteiger charge is 2.26. The van der Waals surface area contributed by atoms with Crippen molar-refractivity contribution >= 4 is 16.2 Å². The molecule has 0 radical (unpaired) electrons. The maximum Gasteiger partial charge on any atom is 0.409 e. The van der Waals surface area contributed by atoms with Crippen LogP contribution in [0.2, 0.25) is 0 Å². The van der Waals surface area contributed by atoms with E-state index in [0.717, 1.165) is 16.7 Å². The summed E-state index contributed by atoms with van der Waals surface area (Å²) in [5, 5.41) is 10.1. The van der Waals surface area contributed by atoms with Gasteiger partial charge in [0, 0.05) is 11.1 Å². The minimum Gasteiger partial charge on any atom is -0.508 e. The van der Waals surface area contributed by atoms with E-state index in [-0.39, 0.29) is 41.6 Å². The first-order valence-corrected chi connectivity index (χ1v) is 14.2. The van der Waals surface area contributed by atoms with Crippen molar-refractivity contribution in [1.82, 2.24) is 4.72 Å². The van der Waals surface area contributed by atoms with Crippen LogP contribution in [-0.4, -0.2) is 19.4 Å². The molecule has 0 unspecified atom stereocenters. The molecule has 0 aliphatic heterocycles. The normalized spacial score (nSPS) is 12.3. The van der Waals surface area contributed by atoms with E-state index in [1.807, 2.05) is 27.7 Å². The van der Waals surface area contributed by atoms with Crippen molar-refractivity contribution in [1.29, 1.82) is 0 Å². The van der Waals surface area contributed by atoms with Gasteiger partial charge in [0.2, 0.25) is 5.91 Å². The lowest BCUT2D eigenvalue weighted by molar-refractivity contribution is -0.118. The second-order valence-electron chi connectivity index (χ2n) is 11.1. The topological polar surface area (TPSA) is 92.7 Å². The molecule has 0 saturated carbocycles. The fraction of sp³-hybridized carbons (Fsp3) is 0.552. The van der Waals surface area contributed by atoms with E-state index in [0.29, 0.717) is 17.0 Å². The molecule has 0 saturated heterocycles. The van der Waals surface area contributed by atoms with Gasteiger partial charge in [-0.1, -0.05) is 81.4 Å². The van der Waals surface area contributed by atoms with Crippen molar-refractivity contribution in [2.45, 2.75) is 105 Å². The average molecular weight is 518 g/mol. The number of phenols is 1. The van der Waals surface area contributed by atoms with Crippen LogP contribution >= 0.6 is 0 Å². The summed E-state index contributed by atoms with van der Waals surface area (Å²) in [6.07, 6.45) is -0.0638. The molecule has 2 N–H and O–H groups in total. The zero-order valence-corrected chi connectivity index (χ0v) is 24.2. The van der Waals surface area contributed by atoms with Gasteiger partial charge in [-0.15, -0.1) is 0 Å². The van der Waals surface area contributed by atoms with Crippen molar-refractivity contribution in [2.24, 2.45) is 0 Å². The molecule has 0 fully saturated rings. The molecule has 0 spiro atoms. The molecule has 36 heavy (non-hydrogen) atoms. The first-order valence-electron chi connectivity index (χ1n) is 12.8. The molecule has 6 nitrogen and oxygen atoms in total. The zero-order chi connectivity index (χ0) is 27.5. The van der Waals surface area contributed by atoms with Crippen LogP contribution in [0, 0.1) is 0 Å². The van der Waals surface area contributed by atoms with Crippen LogP contribution in [0.15, 0.2) is 24.3 Å². The Morgan fingerprint density at radius 3 is 1.53 bits per heavy atom. The molecule has 0 atom stereocenters. The molecule has 200 valence electrons. The Kier molecular flexibility index (Phi) is 9.63. The van der Waals surface area contributed by atoms with E-state index in [2.05, 4.69) is 58.4 Å². The number of hydrogen-bond donors (Lipinski definition) is 2. The highest BCUT2D eigenvalue weighted by atomic mass is 32.2. The minimum atomic E-state index is -4.45. The second kappa shape index (κ2) is 11.7. The van der Waals surface area contributed by atoms with Crippen LogP contribution in [0.3, 0.4) is 0 Å². The molecule has 0 aliphatic rings. The minimum absolute atomic E-state index is 0.0449. The van der Waals surface area contributed by atoms with E-state index in [9.17, 15) is 18.3 Å². The number of amides is 1. The Labute approximate surface area is 217 Å². The maximum atomic E-state index is 13.1. The molecule has 0 bridgehead atoms. The predicted molar refractivity (Wildman–Crippen MR) is 146 cm³/mol. The van der Waals surface area contributed by atoms with Crippen molar-refractivity contribution in [3.05, 3.63) is 57.6 Å². The number of aromatic hydroxyl groups is 1. The monoisotopic (exact) mass is 517 g/mol. The van der Waals surface area contributed by atoms with Gasteiger partial charge >= 0.3 is 10.3 Å². The summed E-state index contributed by atoms with van der Waals surface area (Å²) in [4.78, 5) is 13.1. The summed E-state index contributed by atoms with van der Waals surface area (Å²) in [6.45, 7) is 20.1. The summed E-state index contributed by atoms with van der Waals surface area (Å²) < 4.78 is 33.6. The van der Waals surface area contributed by atoms with E-state index in [1.165, 1.54) is 17.7 Å². The third-order valence-corrected chi connectivity index (χ3v) is 7.26.